The Hall–Kier alpha value is -0.150. The van der Waals surface area contributed by atoms with Gasteiger partial charge >= 0.3 is 0 Å². The minimum Gasteiger partial charge on any atom is -0.445 e. The van der Waals surface area contributed by atoms with Gasteiger partial charge in [0.2, 0.25) is 0 Å². The Morgan fingerprint density at radius 3 is 2.70 bits per heavy atom. The summed E-state index contributed by atoms with van der Waals surface area (Å²) in [6.07, 6.45) is 2.42. The molecule has 106 valence electrons. The summed E-state index contributed by atoms with van der Waals surface area (Å²) >= 11 is 9.11. The molecule has 0 radical (unpaired) electrons. The zero-order valence-corrected chi connectivity index (χ0v) is 16.0. The first-order valence-corrected chi connectivity index (χ1v) is 9.03. The molecule has 4 nitrogen and oxygen atoms in total. The molecule has 1 aliphatic carbocycles. The molecule has 20 heavy (non-hydrogen) atoms. The van der Waals surface area contributed by atoms with Crippen molar-refractivity contribution in [3.8, 4) is 11.6 Å². The number of nitrogens with zero attached hydrogens (tertiary/aromatic N) is 2. The van der Waals surface area contributed by atoms with Gasteiger partial charge < -0.3 is 9.73 Å². The Labute approximate surface area is 147 Å². The first kappa shape index (κ1) is 14.8. The lowest BCUT2D eigenvalue weighted by atomic mass is 10.2. The minimum absolute atomic E-state index is 0.572. The van der Waals surface area contributed by atoms with E-state index in [9.17, 15) is 0 Å². The number of aromatic nitrogens is 2. The fourth-order valence-corrected chi connectivity index (χ4v) is 3.39. The zero-order chi connectivity index (χ0) is 14.3. The van der Waals surface area contributed by atoms with Crippen molar-refractivity contribution >= 4 is 60.3 Å². The Morgan fingerprint density at radius 2 is 2.15 bits per heavy atom. The maximum atomic E-state index is 5.64. The van der Waals surface area contributed by atoms with Gasteiger partial charge in [-0.15, -0.1) is 0 Å². The number of halogens is 3. The first-order valence-electron chi connectivity index (χ1n) is 6.36. The van der Waals surface area contributed by atoms with Crippen LogP contribution in [0.25, 0.3) is 11.6 Å². The van der Waals surface area contributed by atoms with Crippen LogP contribution in [-0.4, -0.2) is 16.5 Å². The maximum absolute atomic E-state index is 5.64. The van der Waals surface area contributed by atoms with Crippen molar-refractivity contribution in [2.45, 2.75) is 25.7 Å². The van der Waals surface area contributed by atoms with Crippen LogP contribution in [0.15, 0.2) is 19.6 Å². The van der Waals surface area contributed by atoms with E-state index >= 15 is 0 Å². The molecule has 0 atom stereocenters. The van der Waals surface area contributed by atoms with Crippen LogP contribution in [0.4, 0.5) is 5.82 Å². The summed E-state index contributed by atoms with van der Waals surface area (Å²) in [6.45, 7) is 2.90. The van der Waals surface area contributed by atoms with Gasteiger partial charge in [0.1, 0.15) is 5.82 Å². The number of rotatable bonds is 4. The van der Waals surface area contributed by atoms with Gasteiger partial charge in [-0.1, -0.05) is 0 Å². The van der Waals surface area contributed by atoms with Crippen molar-refractivity contribution in [1.29, 1.82) is 0 Å². The molecule has 0 aliphatic heterocycles. The number of nitrogens with one attached hydrogen (secondary N) is 1. The van der Waals surface area contributed by atoms with E-state index in [0.29, 0.717) is 22.2 Å². The molecule has 2 aromatic rings. The van der Waals surface area contributed by atoms with Gasteiger partial charge in [0.05, 0.1) is 13.7 Å². The van der Waals surface area contributed by atoms with Crippen LogP contribution in [0.3, 0.4) is 0 Å². The smallest absolute Gasteiger partial charge is 0.198 e. The van der Waals surface area contributed by atoms with Crippen molar-refractivity contribution < 1.29 is 4.42 Å². The summed E-state index contributed by atoms with van der Waals surface area (Å²) in [6, 6.07) is 1.89. The molecule has 2 heterocycles. The third kappa shape index (κ3) is 2.89. The molecule has 0 spiro atoms. The minimum atomic E-state index is 0.572. The highest BCUT2D eigenvalue weighted by Gasteiger charge is 2.30. The van der Waals surface area contributed by atoms with E-state index in [1.807, 2.05) is 6.07 Å². The normalized spacial score (nSPS) is 14.6. The molecule has 0 aromatic carbocycles. The van der Waals surface area contributed by atoms with E-state index in [4.69, 9.17) is 9.40 Å². The summed E-state index contributed by atoms with van der Waals surface area (Å²) in [4.78, 5) is 9.30. The molecule has 1 saturated carbocycles. The van der Waals surface area contributed by atoms with E-state index in [0.717, 1.165) is 26.1 Å². The zero-order valence-electron chi connectivity index (χ0n) is 10.7. The van der Waals surface area contributed by atoms with Crippen molar-refractivity contribution in [3.05, 3.63) is 24.5 Å². The molecular weight excluding hydrogens is 501 g/mol. The van der Waals surface area contributed by atoms with Gasteiger partial charge in [-0.25, -0.2) is 9.97 Å². The molecular formula is C13H12Br2IN3O. The van der Waals surface area contributed by atoms with Crippen LogP contribution in [0.1, 0.15) is 31.4 Å². The first-order chi connectivity index (χ1) is 9.60. The fraction of sp³-hybridized carbons (Fsp3) is 0.385. The van der Waals surface area contributed by atoms with Gasteiger partial charge in [0, 0.05) is 18.5 Å². The Bertz CT molecular complexity index is 636. The average Bonchev–Trinajstić information content (AvgIpc) is 3.19. The van der Waals surface area contributed by atoms with Gasteiger partial charge in [-0.2, -0.15) is 0 Å². The van der Waals surface area contributed by atoms with Gasteiger partial charge in [-0.3, -0.25) is 0 Å². The molecule has 0 saturated heterocycles. The summed E-state index contributed by atoms with van der Waals surface area (Å²) < 4.78 is 8.30. The molecule has 7 heteroatoms. The van der Waals surface area contributed by atoms with Crippen LogP contribution in [-0.2, 0) is 0 Å². The highest BCUT2D eigenvalue weighted by Crippen LogP contribution is 2.43. The van der Waals surface area contributed by atoms with E-state index in [1.54, 1.807) is 0 Å². The Morgan fingerprint density at radius 1 is 1.40 bits per heavy atom. The molecule has 1 fully saturated rings. The average molecular weight is 513 g/mol. The fourth-order valence-electron chi connectivity index (χ4n) is 1.94. The molecule has 3 rings (SSSR count). The quantitative estimate of drug-likeness (QED) is 0.574. The lowest BCUT2D eigenvalue weighted by molar-refractivity contribution is 0.549. The lowest BCUT2D eigenvalue weighted by Gasteiger charge is -2.10. The number of hydrogen-bond acceptors (Lipinski definition) is 4. The van der Waals surface area contributed by atoms with Crippen LogP contribution < -0.4 is 5.32 Å². The molecule has 1 aliphatic rings. The molecule has 0 unspecified atom stereocenters. The Kier molecular flexibility index (Phi) is 4.37. The lowest BCUT2D eigenvalue weighted by Crippen LogP contribution is -2.07. The predicted octanol–water partition coefficient (Wildman–Crippen LogP) is 5.18. The third-order valence-electron chi connectivity index (χ3n) is 3.05. The summed E-state index contributed by atoms with van der Waals surface area (Å²) in [5.41, 5.74) is 1.13. The number of furan rings is 1. The van der Waals surface area contributed by atoms with E-state index in [1.165, 1.54) is 12.8 Å². The summed E-state index contributed by atoms with van der Waals surface area (Å²) in [5, 5.41) is 3.31. The summed E-state index contributed by atoms with van der Waals surface area (Å²) in [7, 11) is 0. The monoisotopic (exact) mass is 511 g/mol. The second kappa shape index (κ2) is 5.92. The van der Waals surface area contributed by atoms with Crippen LogP contribution >= 0.6 is 54.5 Å². The Balaban J connectivity index is 2.10. The second-order valence-corrected chi connectivity index (χ2v) is 7.29. The van der Waals surface area contributed by atoms with Crippen molar-refractivity contribution in [2.24, 2.45) is 0 Å². The van der Waals surface area contributed by atoms with Crippen LogP contribution in [0.5, 0.6) is 0 Å². The highest BCUT2D eigenvalue weighted by atomic mass is 127. The molecule has 2 aromatic heterocycles. The van der Waals surface area contributed by atoms with E-state index < -0.39 is 0 Å². The van der Waals surface area contributed by atoms with Gasteiger partial charge in [-0.05, 0) is 74.2 Å². The largest absolute Gasteiger partial charge is 0.445 e. The van der Waals surface area contributed by atoms with Crippen molar-refractivity contribution in [3.63, 3.8) is 0 Å². The van der Waals surface area contributed by atoms with E-state index in [2.05, 4.69) is 71.7 Å². The SMILES string of the molecule is CCNc1nc(-c2cc(Br)c(Br)o2)nc(C2CC2)c1I. The number of anilines is 1. The predicted molar refractivity (Wildman–Crippen MR) is 94.0 cm³/mol. The molecule has 0 bridgehead atoms. The third-order valence-corrected chi connectivity index (χ3v) is 5.82. The molecule has 0 amide bonds. The molecule has 1 N–H and O–H groups in total. The van der Waals surface area contributed by atoms with Crippen LogP contribution in [0, 0.1) is 3.57 Å². The summed E-state index contributed by atoms with van der Waals surface area (Å²) in [5.74, 6) is 2.77. The maximum Gasteiger partial charge on any atom is 0.198 e. The van der Waals surface area contributed by atoms with Crippen molar-refractivity contribution in [1.82, 2.24) is 9.97 Å². The van der Waals surface area contributed by atoms with Crippen LogP contribution in [0.2, 0.25) is 0 Å². The van der Waals surface area contributed by atoms with Gasteiger partial charge in [0.25, 0.3) is 0 Å². The second-order valence-electron chi connectivity index (χ2n) is 4.63. The standard InChI is InChI=1S/C13H12Br2IN3O/c1-2-17-13-9(16)10(6-3-4-6)18-12(19-13)8-5-7(14)11(15)20-8/h5-6H,2-4H2,1H3,(H,17,18,19). The topological polar surface area (TPSA) is 51.0 Å². The van der Waals surface area contributed by atoms with E-state index in [-0.39, 0.29) is 0 Å². The van der Waals surface area contributed by atoms with Crippen molar-refractivity contribution in [2.75, 3.05) is 11.9 Å². The number of hydrogen-bond donors (Lipinski definition) is 1. The van der Waals surface area contributed by atoms with Gasteiger partial charge in [0.15, 0.2) is 16.3 Å². The highest BCUT2D eigenvalue weighted by molar-refractivity contribution is 14.1.